The van der Waals surface area contributed by atoms with E-state index in [1.165, 1.54) is 0 Å². The second kappa shape index (κ2) is 5.44. The number of nitrogens with zero attached hydrogens (tertiary/aromatic N) is 1. The Bertz CT molecular complexity index is 636. The lowest BCUT2D eigenvalue weighted by Gasteiger charge is -2.26. The fourth-order valence-corrected chi connectivity index (χ4v) is 2.83. The number of aliphatic carboxylic acids is 1. The van der Waals surface area contributed by atoms with Gasteiger partial charge in [0.15, 0.2) is 0 Å². The molecule has 1 N–H and O–H groups in total. The van der Waals surface area contributed by atoms with Crippen molar-refractivity contribution < 1.29 is 19.1 Å². The van der Waals surface area contributed by atoms with Crippen LogP contribution >= 0.6 is 0 Å². The first-order chi connectivity index (χ1) is 10.2. The van der Waals surface area contributed by atoms with Crippen LogP contribution in [0, 0.1) is 5.92 Å². The highest BCUT2D eigenvalue weighted by molar-refractivity contribution is 5.87. The number of carbonyl (C=O) groups is 2. The predicted molar refractivity (Wildman–Crippen MR) is 74.2 cm³/mol. The van der Waals surface area contributed by atoms with Crippen molar-refractivity contribution in [2.45, 2.75) is 19.0 Å². The molecule has 108 valence electrons. The zero-order chi connectivity index (χ0) is 14.8. The molecular weight excluding hydrogens is 270 g/mol. The summed E-state index contributed by atoms with van der Waals surface area (Å²) in [5, 5.41) is 9.40. The lowest BCUT2D eigenvalue weighted by molar-refractivity contribution is -0.142. The van der Waals surface area contributed by atoms with Gasteiger partial charge >= 0.3 is 5.97 Å². The van der Waals surface area contributed by atoms with Crippen LogP contribution in [0.2, 0.25) is 0 Å². The lowest BCUT2D eigenvalue weighted by Crippen LogP contribution is -2.30. The maximum Gasteiger partial charge on any atom is 0.309 e. The monoisotopic (exact) mass is 285 g/mol. The second-order valence-electron chi connectivity index (χ2n) is 5.11. The van der Waals surface area contributed by atoms with Crippen LogP contribution in [-0.2, 0) is 16.1 Å². The zero-order valence-electron chi connectivity index (χ0n) is 11.3. The molecule has 21 heavy (non-hydrogen) atoms. The Hall–Kier alpha value is -2.56. The molecule has 2 heterocycles. The Morgan fingerprint density at radius 3 is 2.62 bits per heavy atom. The summed E-state index contributed by atoms with van der Waals surface area (Å²) in [6.45, 7) is 0.287. The van der Waals surface area contributed by atoms with Crippen LogP contribution in [-0.4, -0.2) is 21.9 Å². The first-order valence-corrected chi connectivity index (χ1v) is 6.76. The molecule has 0 aliphatic carbocycles. The third-order valence-corrected chi connectivity index (χ3v) is 3.80. The number of likely N-dealkylation sites (tertiary alicyclic amines) is 1. The Morgan fingerprint density at radius 1 is 1.24 bits per heavy atom. The van der Waals surface area contributed by atoms with E-state index >= 15 is 0 Å². The van der Waals surface area contributed by atoms with Crippen molar-refractivity contribution in [2.75, 3.05) is 0 Å². The number of furan rings is 1. The molecular formula is C16H15NO4. The molecule has 1 saturated heterocycles. The number of carboxylic acids is 1. The van der Waals surface area contributed by atoms with Crippen molar-refractivity contribution in [1.82, 2.24) is 4.90 Å². The first-order valence-electron chi connectivity index (χ1n) is 6.76. The molecule has 0 spiro atoms. The van der Waals surface area contributed by atoms with Gasteiger partial charge in [-0.1, -0.05) is 30.3 Å². The number of carbonyl (C=O) groups excluding carboxylic acids is 1. The van der Waals surface area contributed by atoms with Gasteiger partial charge in [0.1, 0.15) is 5.76 Å². The molecule has 0 radical (unpaired) electrons. The van der Waals surface area contributed by atoms with Gasteiger partial charge in [-0.2, -0.15) is 0 Å². The van der Waals surface area contributed by atoms with Gasteiger partial charge in [0.05, 0.1) is 24.8 Å². The van der Waals surface area contributed by atoms with E-state index in [1.807, 2.05) is 30.3 Å². The summed E-state index contributed by atoms with van der Waals surface area (Å²) in [6, 6.07) is 12.4. The molecule has 2 aromatic rings. The Labute approximate surface area is 121 Å². The van der Waals surface area contributed by atoms with E-state index in [-0.39, 0.29) is 18.9 Å². The number of carboxylic acid groups (broad SMARTS) is 1. The van der Waals surface area contributed by atoms with E-state index in [1.54, 1.807) is 23.3 Å². The largest absolute Gasteiger partial charge is 0.481 e. The molecule has 1 aromatic heterocycles. The smallest absolute Gasteiger partial charge is 0.309 e. The minimum Gasteiger partial charge on any atom is -0.481 e. The van der Waals surface area contributed by atoms with Gasteiger partial charge in [0, 0.05) is 6.42 Å². The van der Waals surface area contributed by atoms with Crippen LogP contribution in [0.15, 0.2) is 53.1 Å². The van der Waals surface area contributed by atoms with Gasteiger partial charge in [-0.25, -0.2) is 0 Å². The van der Waals surface area contributed by atoms with Gasteiger partial charge in [0.2, 0.25) is 5.91 Å². The van der Waals surface area contributed by atoms with Crippen molar-refractivity contribution in [1.29, 1.82) is 0 Å². The molecule has 2 atom stereocenters. The fraction of sp³-hybridized carbons (Fsp3) is 0.250. The first kappa shape index (κ1) is 13.4. The van der Waals surface area contributed by atoms with Crippen LogP contribution in [0.1, 0.15) is 23.8 Å². The highest BCUT2D eigenvalue weighted by Crippen LogP contribution is 2.39. The molecule has 1 aliphatic rings. The molecule has 0 bridgehead atoms. The predicted octanol–water partition coefficient (Wildman–Crippen LogP) is 2.45. The number of benzene rings is 1. The zero-order valence-corrected chi connectivity index (χ0v) is 11.3. The molecule has 5 nitrogen and oxygen atoms in total. The van der Waals surface area contributed by atoms with Crippen molar-refractivity contribution in [2.24, 2.45) is 5.92 Å². The van der Waals surface area contributed by atoms with Gasteiger partial charge in [-0.15, -0.1) is 0 Å². The Morgan fingerprint density at radius 2 is 2.00 bits per heavy atom. The number of rotatable bonds is 4. The van der Waals surface area contributed by atoms with Gasteiger partial charge in [-0.05, 0) is 17.7 Å². The summed E-state index contributed by atoms with van der Waals surface area (Å²) in [6.07, 6.45) is 1.57. The standard InChI is InChI=1S/C16H15NO4/c18-14-9-13(16(19)20)15(11-5-2-1-3-6-11)17(14)10-12-7-4-8-21-12/h1-8,13,15H,9-10H2,(H,19,20). The Balaban J connectivity index is 1.95. The van der Waals surface area contributed by atoms with E-state index in [9.17, 15) is 14.7 Å². The molecule has 1 aliphatic heterocycles. The van der Waals surface area contributed by atoms with Gasteiger partial charge < -0.3 is 14.4 Å². The van der Waals surface area contributed by atoms with Crippen LogP contribution in [0.3, 0.4) is 0 Å². The minimum absolute atomic E-state index is 0.0234. The van der Waals surface area contributed by atoms with Gasteiger partial charge in [0.25, 0.3) is 0 Å². The van der Waals surface area contributed by atoms with E-state index in [4.69, 9.17) is 4.42 Å². The summed E-state index contributed by atoms with van der Waals surface area (Å²) >= 11 is 0. The summed E-state index contributed by atoms with van der Waals surface area (Å²) in [5.74, 6) is -1.18. The van der Waals surface area contributed by atoms with Crippen LogP contribution in [0.5, 0.6) is 0 Å². The normalized spacial score (nSPS) is 21.7. The van der Waals surface area contributed by atoms with Crippen LogP contribution < -0.4 is 0 Å². The molecule has 5 heteroatoms. The topological polar surface area (TPSA) is 70.8 Å². The van der Waals surface area contributed by atoms with E-state index < -0.39 is 17.9 Å². The second-order valence-corrected chi connectivity index (χ2v) is 5.11. The summed E-state index contributed by atoms with van der Waals surface area (Å²) in [4.78, 5) is 25.3. The van der Waals surface area contributed by atoms with Crippen LogP contribution in [0.25, 0.3) is 0 Å². The van der Waals surface area contributed by atoms with E-state index in [0.29, 0.717) is 5.76 Å². The van der Waals surface area contributed by atoms with E-state index in [2.05, 4.69) is 0 Å². The quantitative estimate of drug-likeness (QED) is 0.936. The van der Waals surface area contributed by atoms with Crippen molar-refractivity contribution in [3.63, 3.8) is 0 Å². The summed E-state index contributed by atoms with van der Waals surface area (Å²) in [5.41, 5.74) is 0.835. The van der Waals surface area contributed by atoms with E-state index in [0.717, 1.165) is 5.56 Å². The summed E-state index contributed by atoms with van der Waals surface area (Å²) in [7, 11) is 0. The number of hydrogen-bond acceptors (Lipinski definition) is 3. The highest BCUT2D eigenvalue weighted by atomic mass is 16.4. The fourth-order valence-electron chi connectivity index (χ4n) is 2.83. The Kier molecular flexibility index (Phi) is 3.48. The lowest BCUT2D eigenvalue weighted by atomic mass is 9.94. The average molecular weight is 285 g/mol. The molecule has 0 saturated carbocycles. The summed E-state index contributed by atoms with van der Waals surface area (Å²) < 4.78 is 5.28. The van der Waals surface area contributed by atoms with Gasteiger partial charge in [-0.3, -0.25) is 9.59 Å². The molecule has 1 fully saturated rings. The molecule has 1 amide bonds. The average Bonchev–Trinajstić information content (AvgIpc) is 3.09. The van der Waals surface area contributed by atoms with Crippen LogP contribution in [0.4, 0.5) is 0 Å². The van der Waals surface area contributed by atoms with Crippen molar-refractivity contribution in [3.8, 4) is 0 Å². The SMILES string of the molecule is O=C(O)C1CC(=O)N(Cc2ccco2)C1c1ccccc1. The molecule has 1 aromatic carbocycles. The van der Waals surface area contributed by atoms with Crippen molar-refractivity contribution in [3.05, 3.63) is 60.1 Å². The molecule has 2 unspecified atom stereocenters. The minimum atomic E-state index is -0.945. The maximum atomic E-state index is 12.2. The highest BCUT2D eigenvalue weighted by Gasteiger charge is 2.44. The molecule has 3 rings (SSSR count). The third-order valence-electron chi connectivity index (χ3n) is 3.80. The maximum absolute atomic E-state index is 12.2. The third kappa shape index (κ3) is 2.54. The number of amides is 1. The number of hydrogen-bond donors (Lipinski definition) is 1. The van der Waals surface area contributed by atoms with Crippen molar-refractivity contribution >= 4 is 11.9 Å².